The first-order valence-electron chi connectivity index (χ1n) is 14.3. The molecule has 0 aromatic carbocycles. The number of alkyl halides is 5. The monoisotopic (exact) mass is 613 g/mol. The lowest BCUT2D eigenvalue weighted by Crippen LogP contribution is -2.38. The van der Waals surface area contributed by atoms with Crippen molar-refractivity contribution in [1.29, 1.82) is 0 Å². The van der Waals surface area contributed by atoms with Crippen molar-refractivity contribution >= 4 is 17.5 Å². The molecule has 3 aromatic heterocycles. The van der Waals surface area contributed by atoms with Gasteiger partial charge in [0.25, 0.3) is 5.91 Å². The van der Waals surface area contributed by atoms with Crippen molar-refractivity contribution in [2.24, 2.45) is 11.8 Å². The summed E-state index contributed by atoms with van der Waals surface area (Å²) in [5.41, 5.74) is 0.954. The molecule has 9 nitrogen and oxygen atoms in total. The Labute approximate surface area is 243 Å². The highest BCUT2D eigenvalue weighted by molar-refractivity contribution is 5.93. The molecule has 2 atom stereocenters. The molecule has 0 unspecified atom stereocenters. The van der Waals surface area contributed by atoms with Crippen molar-refractivity contribution in [1.82, 2.24) is 35.0 Å². The van der Waals surface area contributed by atoms with Gasteiger partial charge in [0.05, 0.1) is 42.8 Å². The third-order valence-electron chi connectivity index (χ3n) is 8.06. The average Bonchev–Trinajstić information content (AvgIpc) is 3.56. The van der Waals surface area contributed by atoms with Crippen LogP contribution in [-0.4, -0.2) is 48.3 Å². The molecule has 3 heterocycles. The number of hydrogen-bond acceptors (Lipinski definition) is 5. The van der Waals surface area contributed by atoms with Gasteiger partial charge in [-0.1, -0.05) is 0 Å². The number of hydrogen-bond donors (Lipinski definition) is 2. The van der Waals surface area contributed by atoms with Gasteiger partial charge >= 0.3 is 6.18 Å². The summed E-state index contributed by atoms with van der Waals surface area (Å²) in [6, 6.07) is -0.0488. The maximum atomic E-state index is 14.6. The predicted octanol–water partition coefficient (Wildman–Crippen LogP) is 5.85. The Morgan fingerprint density at radius 2 is 1.70 bits per heavy atom. The van der Waals surface area contributed by atoms with Crippen molar-refractivity contribution in [2.45, 2.75) is 95.4 Å². The van der Waals surface area contributed by atoms with Crippen molar-refractivity contribution in [2.75, 3.05) is 0 Å². The van der Waals surface area contributed by atoms with Crippen LogP contribution in [0, 0.1) is 17.7 Å². The van der Waals surface area contributed by atoms with Gasteiger partial charge in [-0.25, -0.2) is 22.7 Å². The van der Waals surface area contributed by atoms with E-state index in [-0.39, 0.29) is 43.3 Å². The highest BCUT2D eigenvalue weighted by Crippen LogP contribution is 2.43. The molecule has 43 heavy (non-hydrogen) atoms. The number of fused-ring (bicyclic) bond motifs is 1. The zero-order chi connectivity index (χ0) is 31.1. The first-order valence-corrected chi connectivity index (χ1v) is 14.3. The summed E-state index contributed by atoms with van der Waals surface area (Å²) in [6.45, 7) is 3.48. The molecule has 3 aromatic rings. The van der Waals surface area contributed by atoms with E-state index in [0.717, 1.165) is 19.0 Å². The number of carbonyl (C=O) groups is 2. The fourth-order valence-electron chi connectivity index (χ4n) is 5.62. The molecule has 2 fully saturated rings. The van der Waals surface area contributed by atoms with Gasteiger partial charge in [0.2, 0.25) is 11.8 Å². The van der Waals surface area contributed by atoms with Gasteiger partial charge in [-0.05, 0) is 63.0 Å². The summed E-state index contributed by atoms with van der Waals surface area (Å²) in [5, 5.41) is 13.8. The van der Waals surface area contributed by atoms with Gasteiger partial charge in [-0.15, -0.1) is 0 Å². The fourth-order valence-corrected chi connectivity index (χ4v) is 5.62. The minimum Gasteiger partial charge on any atom is -0.349 e. The van der Waals surface area contributed by atoms with E-state index in [1.807, 2.05) is 0 Å². The minimum absolute atomic E-state index is 0.0465. The van der Waals surface area contributed by atoms with Crippen LogP contribution in [0.25, 0.3) is 5.65 Å². The molecule has 0 spiro atoms. The van der Waals surface area contributed by atoms with Gasteiger partial charge in [0, 0.05) is 25.3 Å². The van der Waals surface area contributed by atoms with E-state index in [1.54, 1.807) is 26.1 Å². The molecule has 15 heteroatoms. The standard InChI is InChI=1S/C28H33F6N7O2/c1-15(2)41-25(19(29)13-36-41)26(43)39-24(17-5-8-27(30,31)9-6-17)20-14-40-21(37-20)11-18(12-35-40)23(16-3-4-16)38-22(42)7-10-28(32,33)34/h11-17,23-24H,3-10H2,1-2H3,(H,38,42)(H,39,43)/t23-,24+/m1/s1. The smallest absolute Gasteiger partial charge is 0.349 e. The highest BCUT2D eigenvalue weighted by atomic mass is 19.4. The van der Waals surface area contributed by atoms with Gasteiger partial charge in [-0.2, -0.15) is 23.4 Å². The Morgan fingerprint density at radius 1 is 1.02 bits per heavy atom. The van der Waals surface area contributed by atoms with Crippen LogP contribution in [0.2, 0.25) is 0 Å². The van der Waals surface area contributed by atoms with Crippen molar-refractivity contribution in [3.8, 4) is 0 Å². The Bertz CT molecular complexity index is 1470. The van der Waals surface area contributed by atoms with E-state index in [4.69, 9.17) is 0 Å². The van der Waals surface area contributed by atoms with Gasteiger partial charge in [0.15, 0.2) is 17.2 Å². The van der Waals surface area contributed by atoms with Crippen molar-refractivity contribution in [3.05, 3.63) is 47.4 Å². The van der Waals surface area contributed by atoms with E-state index in [9.17, 15) is 35.9 Å². The lowest BCUT2D eigenvalue weighted by Gasteiger charge is -2.33. The predicted molar refractivity (Wildman–Crippen MR) is 142 cm³/mol. The third kappa shape index (κ3) is 7.29. The Hall–Kier alpha value is -3.65. The zero-order valence-electron chi connectivity index (χ0n) is 23.7. The summed E-state index contributed by atoms with van der Waals surface area (Å²) in [4.78, 5) is 30.3. The fraction of sp³-hybridized carbons (Fsp3) is 0.607. The molecule has 2 aliphatic carbocycles. The lowest BCUT2D eigenvalue weighted by molar-refractivity contribution is -0.144. The van der Waals surface area contributed by atoms with Crippen LogP contribution in [0.1, 0.15) is 105 Å². The Balaban J connectivity index is 1.42. The van der Waals surface area contributed by atoms with E-state index in [2.05, 4.69) is 25.8 Å². The SMILES string of the molecule is CC(C)n1ncc(F)c1C(=O)N[C@H](c1cn2ncc([C@H](NC(=O)CCC(F)(F)F)C3CC3)cc2n1)C1CCC(F)(F)CC1. The summed E-state index contributed by atoms with van der Waals surface area (Å²) >= 11 is 0. The third-order valence-corrected chi connectivity index (χ3v) is 8.06. The summed E-state index contributed by atoms with van der Waals surface area (Å²) < 4.78 is 83.1. The van der Waals surface area contributed by atoms with Gasteiger partial charge in [0.1, 0.15) is 0 Å². The molecule has 5 rings (SSSR count). The second-order valence-corrected chi connectivity index (χ2v) is 11.8. The van der Waals surface area contributed by atoms with Crippen molar-refractivity contribution in [3.63, 3.8) is 0 Å². The quantitative estimate of drug-likeness (QED) is 0.279. The summed E-state index contributed by atoms with van der Waals surface area (Å²) in [7, 11) is 0. The molecular formula is C28H33F6N7O2. The molecule has 2 amide bonds. The second-order valence-electron chi connectivity index (χ2n) is 11.8. The number of nitrogens with one attached hydrogen (secondary N) is 2. The molecule has 0 aliphatic heterocycles. The van der Waals surface area contributed by atoms with Gasteiger partial charge in [-0.3, -0.25) is 14.3 Å². The second kappa shape index (κ2) is 11.8. The van der Waals surface area contributed by atoms with E-state index >= 15 is 0 Å². The molecule has 0 saturated heterocycles. The summed E-state index contributed by atoms with van der Waals surface area (Å²) in [5.74, 6) is -5.48. The number of carbonyl (C=O) groups excluding carboxylic acids is 2. The largest absolute Gasteiger partial charge is 0.389 e. The number of imidazole rings is 1. The molecule has 234 valence electrons. The van der Waals surface area contributed by atoms with Gasteiger partial charge < -0.3 is 10.6 Å². The highest BCUT2D eigenvalue weighted by Gasteiger charge is 2.40. The number of amides is 2. The summed E-state index contributed by atoms with van der Waals surface area (Å²) in [6.07, 6.45) is -1.30. The molecule has 0 bridgehead atoms. The first kappa shape index (κ1) is 30.8. The van der Waals surface area contributed by atoms with E-state index in [1.165, 1.54) is 15.4 Å². The molecule has 2 saturated carbocycles. The van der Waals surface area contributed by atoms with Crippen LogP contribution >= 0.6 is 0 Å². The lowest BCUT2D eigenvalue weighted by atomic mass is 9.81. The zero-order valence-corrected chi connectivity index (χ0v) is 23.7. The average molecular weight is 614 g/mol. The molecule has 2 N–H and O–H groups in total. The number of rotatable bonds is 10. The molecule has 2 aliphatic rings. The maximum absolute atomic E-state index is 14.6. The van der Waals surface area contributed by atoms with E-state index in [0.29, 0.717) is 16.9 Å². The van der Waals surface area contributed by atoms with Crippen LogP contribution in [0.15, 0.2) is 24.7 Å². The number of aromatic nitrogens is 5. The van der Waals surface area contributed by atoms with Crippen molar-refractivity contribution < 1.29 is 35.9 Å². The Kier molecular flexibility index (Phi) is 8.45. The normalized spacial score (nSPS) is 19.0. The Morgan fingerprint density at radius 3 is 2.33 bits per heavy atom. The van der Waals surface area contributed by atoms with Crippen LogP contribution in [0.3, 0.4) is 0 Å². The van der Waals surface area contributed by atoms with Crippen LogP contribution in [-0.2, 0) is 4.79 Å². The van der Waals surface area contributed by atoms with E-state index < -0.39 is 60.6 Å². The maximum Gasteiger partial charge on any atom is 0.389 e. The van der Waals surface area contributed by atoms with Crippen LogP contribution in [0.5, 0.6) is 0 Å². The topological polar surface area (TPSA) is 106 Å². The molecule has 0 radical (unpaired) electrons. The minimum atomic E-state index is -4.44. The van der Waals surface area contributed by atoms with Crippen LogP contribution < -0.4 is 10.6 Å². The first-order chi connectivity index (χ1) is 20.2. The number of halogens is 6. The molecular weight excluding hydrogens is 580 g/mol. The van der Waals surface area contributed by atoms with Crippen LogP contribution in [0.4, 0.5) is 26.3 Å². The number of nitrogens with zero attached hydrogens (tertiary/aromatic N) is 5.